The third kappa shape index (κ3) is 11.7. The summed E-state index contributed by atoms with van der Waals surface area (Å²) in [6.07, 6.45) is 10.5. The molecule has 0 radical (unpaired) electrons. The Morgan fingerprint density at radius 3 is 1.26 bits per heavy atom. The van der Waals surface area contributed by atoms with E-state index < -0.39 is 71.7 Å². The monoisotopic (exact) mass is 921 g/mol. The van der Waals surface area contributed by atoms with Crippen LogP contribution in [0, 0.1) is 0 Å². The van der Waals surface area contributed by atoms with Gasteiger partial charge < -0.3 is 57.6 Å². The summed E-state index contributed by atoms with van der Waals surface area (Å²) in [5.74, 6) is -4.12. The predicted molar refractivity (Wildman–Crippen MR) is 253 cm³/mol. The molecule has 0 aliphatic carbocycles. The number of aromatic nitrogens is 6. The van der Waals surface area contributed by atoms with E-state index in [1.807, 2.05) is 66.7 Å². The third-order valence-electron chi connectivity index (χ3n) is 12.2. The summed E-state index contributed by atoms with van der Waals surface area (Å²) >= 11 is 0. The van der Waals surface area contributed by atoms with Crippen molar-refractivity contribution in [2.45, 2.75) is 87.6 Å². The van der Waals surface area contributed by atoms with Crippen LogP contribution in [0.3, 0.4) is 0 Å². The number of nitrogens with two attached hydrogens (primary N) is 1. The Balaban J connectivity index is 1.20. The number of amides is 6. The van der Waals surface area contributed by atoms with Gasteiger partial charge in [-0.3, -0.25) is 28.8 Å². The molecule has 5 heterocycles. The van der Waals surface area contributed by atoms with Crippen molar-refractivity contribution in [2.24, 2.45) is 5.73 Å². The first-order valence-electron chi connectivity index (χ1n) is 22.7. The summed E-state index contributed by atoms with van der Waals surface area (Å²) in [5, 5.41) is 18.9. The SMILES string of the molecule is NCCCC[C@@H]1NC(=O)[C@@H](Cc2c[nH]c3ccccc23)NC(=O)[C@H](Cc2cnc[nH]2)NC(=O)[C@@H](Cc2ccccc2)NC(=O)[C@H](Cc2c[nH]c3ccccc23)NC(=O)[C@@H](Cc2cnc[nH]2)NC1=O. The highest BCUT2D eigenvalue weighted by Crippen LogP contribution is 2.22. The number of H-pyrrole nitrogens is 4. The first kappa shape index (κ1) is 46.5. The highest BCUT2D eigenvalue weighted by atomic mass is 16.2. The molecule has 6 amide bonds. The first-order chi connectivity index (χ1) is 33.1. The van der Waals surface area contributed by atoms with Crippen molar-refractivity contribution >= 4 is 57.2 Å². The number of carbonyl (C=O) groups is 6. The molecule has 3 aromatic carbocycles. The minimum absolute atomic E-state index is 0.00118. The number of fused-ring (bicyclic) bond motifs is 2. The molecule has 0 spiro atoms. The molecule has 1 saturated heterocycles. The number of hydrogen-bond donors (Lipinski definition) is 11. The summed E-state index contributed by atoms with van der Waals surface area (Å²) in [7, 11) is 0. The van der Waals surface area contributed by atoms with E-state index in [9.17, 15) is 28.8 Å². The molecule has 6 atom stereocenters. The molecular formula is C49H55N13O6. The van der Waals surface area contributed by atoms with E-state index >= 15 is 0 Å². The standard InChI is InChI=1S/C49H55N13O6/c50-17-9-8-16-38-44(63)61-42(21-32-25-51-27-55-32)48(67)60-41(20-31-24-54-37-15-7-5-13-35(31)37)47(66)58-39(18-29-10-2-1-3-11-29)45(64)62-43(22-33-26-52-28-56-33)49(68)59-40(46(65)57-38)19-30-23-53-36-14-6-4-12-34(30)36/h1-7,10-15,23-28,38-43,53-54H,8-9,16-22,50H2,(H,51,55)(H,52,56)(H,57,65)(H,58,66)(H,59,68)(H,60,67)(H,61,63)(H,62,64)/t38-,39+,40+,41-,42+,43-/m0/s1. The van der Waals surface area contributed by atoms with Gasteiger partial charge in [0.2, 0.25) is 35.4 Å². The highest BCUT2D eigenvalue weighted by Gasteiger charge is 2.36. The Labute approximate surface area is 391 Å². The third-order valence-corrected chi connectivity index (χ3v) is 12.2. The van der Waals surface area contributed by atoms with Crippen molar-refractivity contribution in [3.63, 3.8) is 0 Å². The van der Waals surface area contributed by atoms with Gasteiger partial charge in [0, 0.05) is 90.1 Å². The number of nitrogens with one attached hydrogen (secondary N) is 10. The van der Waals surface area contributed by atoms with Crippen molar-refractivity contribution < 1.29 is 28.8 Å². The number of nitrogens with zero attached hydrogens (tertiary/aromatic N) is 2. The maximum Gasteiger partial charge on any atom is 0.243 e. The fourth-order valence-electron chi connectivity index (χ4n) is 8.56. The van der Waals surface area contributed by atoms with Crippen molar-refractivity contribution in [1.29, 1.82) is 0 Å². The van der Waals surface area contributed by atoms with Gasteiger partial charge in [0.05, 0.1) is 12.7 Å². The lowest BCUT2D eigenvalue weighted by Gasteiger charge is -2.29. The Morgan fingerprint density at radius 2 is 0.824 bits per heavy atom. The van der Waals surface area contributed by atoms with Gasteiger partial charge in [-0.15, -0.1) is 0 Å². The average molecular weight is 922 g/mol. The van der Waals surface area contributed by atoms with Crippen LogP contribution >= 0.6 is 0 Å². The molecule has 4 aromatic heterocycles. The number of rotatable bonds is 14. The molecule has 0 saturated carbocycles. The molecular weight excluding hydrogens is 867 g/mol. The van der Waals surface area contributed by atoms with Gasteiger partial charge in [0.1, 0.15) is 36.3 Å². The number of hydrogen-bond acceptors (Lipinski definition) is 9. The number of aromatic amines is 4. The highest BCUT2D eigenvalue weighted by molar-refractivity contribution is 5.99. The zero-order valence-corrected chi connectivity index (χ0v) is 37.2. The van der Waals surface area contributed by atoms with Gasteiger partial charge in [0.25, 0.3) is 0 Å². The van der Waals surface area contributed by atoms with E-state index in [0.29, 0.717) is 47.5 Å². The second-order valence-electron chi connectivity index (χ2n) is 17.0. The van der Waals surface area contributed by atoms with Crippen LogP contribution < -0.4 is 37.6 Å². The van der Waals surface area contributed by atoms with Crippen LogP contribution in [-0.2, 0) is 60.9 Å². The molecule has 19 heteroatoms. The fraction of sp³-hybridized carbons (Fsp3) is 0.306. The van der Waals surface area contributed by atoms with Crippen LogP contribution in [0.2, 0.25) is 0 Å². The van der Waals surface area contributed by atoms with Crippen molar-refractivity contribution in [1.82, 2.24) is 61.8 Å². The quantitative estimate of drug-likeness (QED) is 0.0707. The lowest BCUT2D eigenvalue weighted by atomic mass is 10.00. The van der Waals surface area contributed by atoms with Crippen molar-refractivity contribution in [2.75, 3.05) is 6.54 Å². The van der Waals surface area contributed by atoms with E-state index in [1.54, 1.807) is 24.5 Å². The van der Waals surface area contributed by atoms with E-state index in [1.165, 1.54) is 25.0 Å². The number of unbranched alkanes of at least 4 members (excludes halogenated alkanes) is 1. The average Bonchev–Trinajstić information content (AvgIpc) is 4.20. The largest absolute Gasteiger partial charge is 0.361 e. The van der Waals surface area contributed by atoms with E-state index in [4.69, 9.17) is 5.73 Å². The fourth-order valence-corrected chi connectivity index (χ4v) is 8.56. The smallest absolute Gasteiger partial charge is 0.243 e. The lowest BCUT2D eigenvalue weighted by Crippen LogP contribution is -2.62. The summed E-state index contributed by atoms with van der Waals surface area (Å²) in [5.41, 5.74) is 10.6. The van der Waals surface area contributed by atoms with E-state index in [0.717, 1.165) is 21.8 Å². The minimum Gasteiger partial charge on any atom is -0.361 e. The van der Waals surface area contributed by atoms with E-state index in [-0.39, 0.29) is 38.5 Å². The van der Waals surface area contributed by atoms with Crippen LogP contribution in [0.4, 0.5) is 0 Å². The number of imidazole rings is 2. The van der Waals surface area contributed by atoms with Gasteiger partial charge in [-0.1, -0.05) is 66.7 Å². The molecule has 1 fully saturated rings. The van der Waals surface area contributed by atoms with E-state index in [2.05, 4.69) is 61.8 Å². The predicted octanol–water partition coefficient (Wildman–Crippen LogP) is 1.66. The molecule has 1 aliphatic rings. The van der Waals surface area contributed by atoms with Gasteiger partial charge in [-0.05, 0) is 54.6 Å². The van der Waals surface area contributed by atoms with Gasteiger partial charge >= 0.3 is 0 Å². The maximum atomic E-state index is 14.8. The summed E-state index contributed by atoms with van der Waals surface area (Å²) in [6.45, 7) is 0.335. The Bertz CT molecular complexity index is 2820. The molecule has 0 bridgehead atoms. The molecule has 352 valence electrons. The Morgan fingerprint density at radius 1 is 0.426 bits per heavy atom. The Kier molecular flexibility index (Phi) is 15.0. The molecule has 68 heavy (non-hydrogen) atoms. The van der Waals surface area contributed by atoms with Gasteiger partial charge in [0.15, 0.2) is 0 Å². The maximum absolute atomic E-state index is 14.8. The summed E-state index contributed by atoms with van der Waals surface area (Å²) < 4.78 is 0. The zero-order valence-electron chi connectivity index (χ0n) is 37.2. The second kappa shape index (κ2) is 22.0. The molecule has 8 rings (SSSR count). The van der Waals surface area contributed by atoms with Crippen LogP contribution in [0.25, 0.3) is 21.8 Å². The second-order valence-corrected chi connectivity index (χ2v) is 17.0. The van der Waals surface area contributed by atoms with Gasteiger partial charge in [-0.25, -0.2) is 9.97 Å². The number of carbonyl (C=O) groups excluding carboxylic acids is 6. The number of para-hydroxylation sites is 2. The van der Waals surface area contributed by atoms with Crippen molar-refractivity contribution in [3.8, 4) is 0 Å². The molecule has 12 N–H and O–H groups in total. The zero-order chi connectivity index (χ0) is 47.4. The Hall–Kier alpha value is -8.06. The summed E-state index contributed by atoms with van der Waals surface area (Å²) in [4.78, 5) is 109. The topological polar surface area (TPSA) is 290 Å². The van der Waals surface area contributed by atoms with Crippen LogP contribution in [0.15, 0.2) is 116 Å². The molecule has 0 unspecified atom stereocenters. The van der Waals surface area contributed by atoms with Crippen LogP contribution in [-0.4, -0.2) is 108 Å². The molecule has 1 aliphatic heterocycles. The lowest BCUT2D eigenvalue weighted by molar-refractivity contribution is -0.136. The molecule has 19 nitrogen and oxygen atoms in total. The normalized spacial score (nSPS) is 21.2. The van der Waals surface area contributed by atoms with Crippen LogP contribution in [0.1, 0.15) is 47.3 Å². The number of benzene rings is 3. The van der Waals surface area contributed by atoms with Gasteiger partial charge in [-0.2, -0.15) is 0 Å². The minimum atomic E-state index is -1.29. The molecule has 7 aromatic rings. The van der Waals surface area contributed by atoms with Crippen molar-refractivity contribution in [3.05, 3.63) is 144 Å². The summed E-state index contributed by atoms with van der Waals surface area (Å²) in [6, 6.07) is 16.5. The van der Waals surface area contributed by atoms with Crippen LogP contribution in [0.5, 0.6) is 0 Å². The first-order valence-corrected chi connectivity index (χ1v) is 22.7.